The summed E-state index contributed by atoms with van der Waals surface area (Å²) in [5.74, 6) is 0.298. The second-order valence-corrected chi connectivity index (χ2v) is 3.35. The fraction of sp³-hybridized carbons (Fsp3) is 0.375. The monoisotopic (exact) mass is 193 g/mol. The van der Waals surface area contributed by atoms with Gasteiger partial charge in [-0.1, -0.05) is 0 Å². The van der Waals surface area contributed by atoms with Crippen LogP contribution in [-0.2, 0) is 0 Å². The molecule has 2 aromatic heterocycles. The highest BCUT2D eigenvalue weighted by atomic mass is 16.1. The van der Waals surface area contributed by atoms with Gasteiger partial charge in [-0.15, -0.1) is 0 Å². The lowest BCUT2D eigenvalue weighted by Gasteiger charge is -2.05. The number of hydrogen-bond donors (Lipinski definition) is 2. The van der Waals surface area contributed by atoms with E-state index >= 15 is 0 Å². The first-order valence-electron chi connectivity index (χ1n) is 4.32. The average molecular weight is 193 g/mol. The smallest absolute Gasteiger partial charge is 0.328 e. The lowest BCUT2D eigenvalue weighted by molar-refractivity contribution is 0.593. The molecule has 14 heavy (non-hydrogen) atoms. The molecule has 0 saturated heterocycles. The number of aromatic nitrogens is 4. The summed E-state index contributed by atoms with van der Waals surface area (Å²) in [5.41, 5.74) is 6.46. The summed E-state index contributed by atoms with van der Waals surface area (Å²) in [6.07, 6.45) is 1.35. The number of hydrogen-bond acceptors (Lipinski definition) is 4. The van der Waals surface area contributed by atoms with E-state index in [2.05, 4.69) is 15.0 Å². The second kappa shape index (κ2) is 2.83. The standard InChI is InChI=1S/C8H11N5O/c1-4(2)13-7-5(12-8(13)14)6(9)10-3-11-7/h3-4H,1-2H3,(H,12,14)(H2,9,10,11). The van der Waals surface area contributed by atoms with Crippen molar-refractivity contribution in [3.8, 4) is 0 Å². The summed E-state index contributed by atoms with van der Waals surface area (Å²) >= 11 is 0. The van der Waals surface area contributed by atoms with Gasteiger partial charge in [0, 0.05) is 6.04 Å². The molecule has 0 amide bonds. The predicted molar refractivity (Wildman–Crippen MR) is 52.9 cm³/mol. The van der Waals surface area contributed by atoms with Gasteiger partial charge in [0.1, 0.15) is 11.8 Å². The zero-order valence-electron chi connectivity index (χ0n) is 7.98. The van der Waals surface area contributed by atoms with Gasteiger partial charge in [0.25, 0.3) is 0 Å². The molecule has 2 rings (SSSR count). The Bertz CT molecular complexity index is 524. The molecule has 0 radical (unpaired) electrons. The number of nitrogen functional groups attached to an aromatic ring is 1. The van der Waals surface area contributed by atoms with Crippen molar-refractivity contribution in [3.05, 3.63) is 16.8 Å². The van der Waals surface area contributed by atoms with Gasteiger partial charge in [0.15, 0.2) is 11.5 Å². The first-order chi connectivity index (χ1) is 6.61. The maximum Gasteiger partial charge on any atom is 0.328 e. The maximum atomic E-state index is 11.5. The SMILES string of the molecule is CC(C)n1c(=O)[nH]c2c(N)ncnc21. The molecular formula is C8H11N5O. The van der Waals surface area contributed by atoms with Crippen LogP contribution in [0.2, 0.25) is 0 Å². The summed E-state index contributed by atoms with van der Waals surface area (Å²) in [7, 11) is 0. The third-order valence-electron chi connectivity index (χ3n) is 2.05. The summed E-state index contributed by atoms with van der Waals surface area (Å²) < 4.78 is 1.55. The zero-order valence-corrected chi connectivity index (χ0v) is 7.98. The van der Waals surface area contributed by atoms with E-state index in [0.29, 0.717) is 17.0 Å². The molecule has 0 bridgehead atoms. The van der Waals surface area contributed by atoms with Crippen LogP contribution in [0.1, 0.15) is 19.9 Å². The zero-order chi connectivity index (χ0) is 10.3. The van der Waals surface area contributed by atoms with Crippen LogP contribution in [0.25, 0.3) is 11.2 Å². The minimum absolute atomic E-state index is 0.0468. The molecule has 6 nitrogen and oxygen atoms in total. The Morgan fingerprint density at radius 2 is 2.21 bits per heavy atom. The highest BCUT2D eigenvalue weighted by Crippen LogP contribution is 2.14. The van der Waals surface area contributed by atoms with Crippen molar-refractivity contribution >= 4 is 17.0 Å². The van der Waals surface area contributed by atoms with Crippen LogP contribution in [0.15, 0.2) is 11.1 Å². The van der Waals surface area contributed by atoms with Crippen LogP contribution in [0.4, 0.5) is 5.82 Å². The Morgan fingerprint density at radius 3 is 2.86 bits per heavy atom. The van der Waals surface area contributed by atoms with Crippen molar-refractivity contribution in [1.82, 2.24) is 19.5 Å². The average Bonchev–Trinajstić information content (AvgIpc) is 2.42. The minimum Gasteiger partial charge on any atom is -0.382 e. The molecule has 2 aromatic rings. The maximum absolute atomic E-state index is 11.5. The highest BCUT2D eigenvalue weighted by Gasteiger charge is 2.12. The van der Waals surface area contributed by atoms with E-state index in [4.69, 9.17) is 5.73 Å². The van der Waals surface area contributed by atoms with Gasteiger partial charge >= 0.3 is 5.69 Å². The topological polar surface area (TPSA) is 89.6 Å². The molecule has 74 valence electrons. The first kappa shape index (κ1) is 8.74. The fourth-order valence-electron chi connectivity index (χ4n) is 1.43. The Hall–Kier alpha value is -1.85. The molecule has 6 heteroatoms. The number of nitrogens with one attached hydrogen (secondary N) is 1. The molecular weight excluding hydrogens is 182 g/mol. The van der Waals surface area contributed by atoms with E-state index in [1.54, 1.807) is 4.57 Å². The largest absolute Gasteiger partial charge is 0.382 e. The number of H-pyrrole nitrogens is 1. The van der Waals surface area contributed by atoms with Gasteiger partial charge in [-0.2, -0.15) is 0 Å². The van der Waals surface area contributed by atoms with E-state index in [-0.39, 0.29) is 11.7 Å². The number of fused-ring (bicyclic) bond motifs is 1. The van der Waals surface area contributed by atoms with Crippen LogP contribution in [0, 0.1) is 0 Å². The van der Waals surface area contributed by atoms with Gasteiger partial charge in [0.2, 0.25) is 0 Å². The normalized spacial score (nSPS) is 11.4. The molecule has 0 fully saturated rings. The predicted octanol–water partition coefficient (Wildman–Crippen LogP) is 0.283. The van der Waals surface area contributed by atoms with E-state index in [1.165, 1.54) is 6.33 Å². The summed E-state index contributed by atoms with van der Waals surface area (Å²) in [5, 5.41) is 0. The lowest BCUT2D eigenvalue weighted by atomic mass is 10.4. The third kappa shape index (κ3) is 1.07. The third-order valence-corrected chi connectivity index (χ3v) is 2.05. The quantitative estimate of drug-likeness (QED) is 0.680. The number of anilines is 1. The van der Waals surface area contributed by atoms with Gasteiger partial charge in [-0.3, -0.25) is 4.57 Å². The molecule has 3 N–H and O–H groups in total. The van der Waals surface area contributed by atoms with Crippen molar-refractivity contribution in [2.75, 3.05) is 5.73 Å². The van der Waals surface area contributed by atoms with E-state index < -0.39 is 0 Å². The summed E-state index contributed by atoms with van der Waals surface area (Å²) in [6.45, 7) is 3.82. The van der Waals surface area contributed by atoms with E-state index in [0.717, 1.165) is 0 Å². The van der Waals surface area contributed by atoms with Crippen LogP contribution in [0.3, 0.4) is 0 Å². The molecule has 0 aromatic carbocycles. The van der Waals surface area contributed by atoms with Crippen molar-refractivity contribution in [3.63, 3.8) is 0 Å². The van der Waals surface area contributed by atoms with Gasteiger partial charge in [-0.25, -0.2) is 14.8 Å². The van der Waals surface area contributed by atoms with Crippen molar-refractivity contribution < 1.29 is 0 Å². The molecule has 2 heterocycles. The van der Waals surface area contributed by atoms with E-state index in [9.17, 15) is 4.79 Å². The molecule has 0 atom stereocenters. The molecule has 0 aliphatic carbocycles. The second-order valence-electron chi connectivity index (χ2n) is 3.35. The van der Waals surface area contributed by atoms with Crippen molar-refractivity contribution in [2.45, 2.75) is 19.9 Å². The van der Waals surface area contributed by atoms with Crippen LogP contribution in [0.5, 0.6) is 0 Å². The van der Waals surface area contributed by atoms with Gasteiger partial charge < -0.3 is 10.7 Å². The van der Waals surface area contributed by atoms with Crippen LogP contribution < -0.4 is 11.4 Å². The number of nitrogens with two attached hydrogens (primary N) is 1. The minimum atomic E-state index is -0.206. The number of aromatic amines is 1. The fourth-order valence-corrected chi connectivity index (χ4v) is 1.43. The Kier molecular flexibility index (Phi) is 1.77. The Balaban J connectivity index is 2.91. The Labute approximate surface area is 79.8 Å². The lowest BCUT2D eigenvalue weighted by Crippen LogP contribution is -2.18. The number of imidazole rings is 1. The summed E-state index contributed by atoms with van der Waals surface area (Å²) in [4.78, 5) is 22.0. The van der Waals surface area contributed by atoms with Gasteiger partial charge in [-0.05, 0) is 13.8 Å². The van der Waals surface area contributed by atoms with Crippen molar-refractivity contribution in [2.24, 2.45) is 0 Å². The van der Waals surface area contributed by atoms with E-state index in [1.807, 2.05) is 13.8 Å². The highest BCUT2D eigenvalue weighted by molar-refractivity contribution is 5.81. The molecule has 0 aliphatic heterocycles. The summed E-state index contributed by atoms with van der Waals surface area (Å²) in [6, 6.07) is 0.0468. The first-order valence-corrected chi connectivity index (χ1v) is 4.32. The molecule has 0 spiro atoms. The van der Waals surface area contributed by atoms with Crippen LogP contribution in [-0.4, -0.2) is 19.5 Å². The Morgan fingerprint density at radius 1 is 1.50 bits per heavy atom. The van der Waals surface area contributed by atoms with Crippen LogP contribution >= 0.6 is 0 Å². The van der Waals surface area contributed by atoms with Gasteiger partial charge in [0.05, 0.1) is 0 Å². The van der Waals surface area contributed by atoms with Crippen molar-refractivity contribution in [1.29, 1.82) is 0 Å². The number of nitrogens with zero attached hydrogens (tertiary/aromatic N) is 3. The molecule has 0 unspecified atom stereocenters. The number of rotatable bonds is 1. The molecule has 0 saturated carbocycles. The molecule has 0 aliphatic rings.